The number of unbranched alkanes of at least 4 members (excludes halogenated alkanes) is 2. The van der Waals surface area contributed by atoms with E-state index in [9.17, 15) is 4.79 Å². The van der Waals surface area contributed by atoms with Crippen LogP contribution >= 0.6 is 0 Å². The van der Waals surface area contributed by atoms with Gasteiger partial charge >= 0.3 is 5.97 Å². The third-order valence-corrected chi connectivity index (χ3v) is 2.63. The molecule has 0 aromatic carbocycles. The Morgan fingerprint density at radius 1 is 1.37 bits per heavy atom. The lowest BCUT2D eigenvalue weighted by Gasteiger charge is -2.10. The number of nitrogen functional groups attached to an aromatic ring is 1. The zero-order chi connectivity index (χ0) is 14.1. The summed E-state index contributed by atoms with van der Waals surface area (Å²) in [6.45, 7) is 1.51. The first-order valence-corrected chi connectivity index (χ1v) is 6.25. The molecule has 0 saturated heterocycles. The van der Waals surface area contributed by atoms with Crippen molar-refractivity contribution < 1.29 is 14.3 Å². The third kappa shape index (κ3) is 5.13. The van der Waals surface area contributed by atoms with E-state index in [1.165, 1.54) is 13.3 Å². The van der Waals surface area contributed by atoms with Crippen molar-refractivity contribution in [1.82, 2.24) is 4.98 Å². The molecule has 0 spiro atoms. The van der Waals surface area contributed by atoms with E-state index in [-0.39, 0.29) is 0 Å². The Morgan fingerprint density at radius 2 is 2.16 bits per heavy atom. The highest BCUT2D eigenvalue weighted by Gasteiger charge is 2.13. The van der Waals surface area contributed by atoms with Crippen LogP contribution in [-0.2, 0) is 9.47 Å². The molecule has 6 nitrogen and oxygen atoms in total. The molecule has 0 radical (unpaired) electrons. The summed E-state index contributed by atoms with van der Waals surface area (Å²) >= 11 is 0. The summed E-state index contributed by atoms with van der Waals surface area (Å²) in [4.78, 5) is 15.7. The van der Waals surface area contributed by atoms with Crippen LogP contribution in [-0.4, -0.2) is 38.3 Å². The van der Waals surface area contributed by atoms with Crippen molar-refractivity contribution in [3.8, 4) is 0 Å². The number of hydrogen-bond donors (Lipinski definition) is 2. The minimum absolute atomic E-state index is 0.361. The predicted molar refractivity (Wildman–Crippen MR) is 74.2 cm³/mol. The number of carbonyl (C=O) groups excluding carboxylic acids is 1. The average molecular weight is 267 g/mol. The first kappa shape index (κ1) is 15.2. The Bertz CT molecular complexity index is 410. The van der Waals surface area contributed by atoms with E-state index in [4.69, 9.17) is 15.2 Å². The summed E-state index contributed by atoms with van der Waals surface area (Å²) in [6, 6.07) is 1.56. The largest absolute Gasteiger partial charge is 0.465 e. The second kappa shape index (κ2) is 8.31. The number of esters is 1. The maximum absolute atomic E-state index is 11.6. The maximum atomic E-state index is 11.6. The number of hydrogen-bond acceptors (Lipinski definition) is 6. The molecule has 1 rings (SSSR count). The number of anilines is 2. The van der Waals surface area contributed by atoms with Crippen LogP contribution in [0.3, 0.4) is 0 Å². The van der Waals surface area contributed by atoms with Crippen molar-refractivity contribution in [1.29, 1.82) is 0 Å². The van der Waals surface area contributed by atoms with Gasteiger partial charge in [-0.1, -0.05) is 0 Å². The van der Waals surface area contributed by atoms with Crippen LogP contribution in [0.15, 0.2) is 12.3 Å². The van der Waals surface area contributed by atoms with Crippen molar-refractivity contribution in [3.05, 3.63) is 17.8 Å². The average Bonchev–Trinajstić information content (AvgIpc) is 2.43. The van der Waals surface area contributed by atoms with Crippen LogP contribution in [0.4, 0.5) is 11.5 Å². The van der Waals surface area contributed by atoms with Gasteiger partial charge in [-0.2, -0.15) is 0 Å². The SMILES string of the molecule is COCCCCCNc1ncc(N)cc1C(=O)OC. The van der Waals surface area contributed by atoms with Gasteiger partial charge in [0.2, 0.25) is 0 Å². The Hall–Kier alpha value is -1.82. The van der Waals surface area contributed by atoms with Crippen molar-refractivity contribution in [3.63, 3.8) is 0 Å². The molecule has 0 aliphatic rings. The fourth-order valence-electron chi connectivity index (χ4n) is 1.64. The highest BCUT2D eigenvalue weighted by molar-refractivity contribution is 5.95. The van der Waals surface area contributed by atoms with E-state index in [1.54, 1.807) is 13.2 Å². The normalized spacial score (nSPS) is 10.2. The molecule has 1 aromatic heterocycles. The highest BCUT2D eigenvalue weighted by Crippen LogP contribution is 2.16. The molecule has 0 unspecified atom stereocenters. The Morgan fingerprint density at radius 3 is 2.84 bits per heavy atom. The van der Waals surface area contributed by atoms with Crippen molar-refractivity contribution in [2.45, 2.75) is 19.3 Å². The number of rotatable bonds is 8. The second-order valence-electron chi connectivity index (χ2n) is 4.14. The molecule has 19 heavy (non-hydrogen) atoms. The lowest BCUT2D eigenvalue weighted by atomic mass is 10.2. The first-order valence-electron chi connectivity index (χ1n) is 6.25. The van der Waals surface area contributed by atoms with E-state index in [1.807, 2.05) is 0 Å². The molecule has 0 fully saturated rings. The number of methoxy groups -OCH3 is 2. The van der Waals surface area contributed by atoms with Crippen LogP contribution in [0, 0.1) is 0 Å². The van der Waals surface area contributed by atoms with Crippen LogP contribution in [0.2, 0.25) is 0 Å². The van der Waals surface area contributed by atoms with E-state index in [0.717, 1.165) is 32.4 Å². The number of nitrogens with zero attached hydrogens (tertiary/aromatic N) is 1. The second-order valence-corrected chi connectivity index (χ2v) is 4.14. The monoisotopic (exact) mass is 267 g/mol. The predicted octanol–water partition coefficient (Wildman–Crippen LogP) is 1.68. The summed E-state index contributed by atoms with van der Waals surface area (Å²) in [7, 11) is 3.03. The van der Waals surface area contributed by atoms with Gasteiger partial charge in [-0.15, -0.1) is 0 Å². The van der Waals surface area contributed by atoms with Gasteiger partial charge in [-0.05, 0) is 25.3 Å². The first-order chi connectivity index (χ1) is 9.19. The van der Waals surface area contributed by atoms with E-state index in [0.29, 0.717) is 17.1 Å². The minimum Gasteiger partial charge on any atom is -0.465 e. The molecule has 1 aromatic rings. The molecule has 1 heterocycles. The summed E-state index contributed by atoms with van der Waals surface area (Å²) in [6.07, 6.45) is 4.58. The molecular weight excluding hydrogens is 246 g/mol. The Balaban J connectivity index is 2.50. The summed E-state index contributed by atoms with van der Waals surface area (Å²) in [5, 5.41) is 3.12. The van der Waals surface area contributed by atoms with Gasteiger partial charge in [0.05, 0.1) is 19.0 Å². The fourth-order valence-corrected chi connectivity index (χ4v) is 1.64. The van der Waals surface area contributed by atoms with E-state index in [2.05, 4.69) is 10.3 Å². The van der Waals surface area contributed by atoms with Gasteiger partial charge in [-0.25, -0.2) is 9.78 Å². The van der Waals surface area contributed by atoms with Crippen LogP contribution in [0.1, 0.15) is 29.6 Å². The summed E-state index contributed by atoms with van der Waals surface area (Å²) in [5.74, 6) is 0.0643. The number of carbonyl (C=O) groups is 1. The molecule has 0 aliphatic carbocycles. The fraction of sp³-hybridized carbons (Fsp3) is 0.538. The molecule has 0 aliphatic heterocycles. The highest BCUT2D eigenvalue weighted by atomic mass is 16.5. The Labute approximate surface area is 113 Å². The molecule has 0 atom stereocenters. The number of pyridine rings is 1. The lowest BCUT2D eigenvalue weighted by Crippen LogP contribution is -2.11. The minimum atomic E-state index is -0.443. The topological polar surface area (TPSA) is 86.5 Å². The zero-order valence-corrected chi connectivity index (χ0v) is 11.4. The zero-order valence-electron chi connectivity index (χ0n) is 11.4. The van der Waals surface area contributed by atoms with Gasteiger partial charge in [0.25, 0.3) is 0 Å². The number of nitrogens with one attached hydrogen (secondary N) is 1. The van der Waals surface area contributed by atoms with Gasteiger partial charge in [0.1, 0.15) is 11.4 Å². The van der Waals surface area contributed by atoms with Crippen molar-refractivity contribution in [2.24, 2.45) is 0 Å². The Kier molecular flexibility index (Phi) is 6.67. The van der Waals surface area contributed by atoms with Gasteiger partial charge in [0.15, 0.2) is 0 Å². The number of aromatic nitrogens is 1. The lowest BCUT2D eigenvalue weighted by molar-refractivity contribution is 0.0601. The van der Waals surface area contributed by atoms with Crippen molar-refractivity contribution in [2.75, 3.05) is 38.4 Å². The molecular formula is C13H21N3O3. The molecule has 3 N–H and O–H groups in total. The quantitative estimate of drug-likeness (QED) is 0.550. The van der Waals surface area contributed by atoms with E-state index < -0.39 is 5.97 Å². The third-order valence-electron chi connectivity index (χ3n) is 2.63. The van der Waals surface area contributed by atoms with Crippen molar-refractivity contribution >= 4 is 17.5 Å². The van der Waals surface area contributed by atoms with Crippen LogP contribution in [0.25, 0.3) is 0 Å². The van der Waals surface area contributed by atoms with Gasteiger partial charge in [-0.3, -0.25) is 0 Å². The molecule has 106 valence electrons. The smallest absolute Gasteiger partial charge is 0.341 e. The molecule has 6 heteroatoms. The maximum Gasteiger partial charge on any atom is 0.341 e. The van der Waals surface area contributed by atoms with Crippen LogP contribution in [0.5, 0.6) is 0 Å². The summed E-state index contributed by atoms with van der Waals surface area (Å²) in [5.41, 5.74) is 6.41. The summed E-state index contributed by atoms with van der Waals surface area (Å²) < 4.78 is 9.68. The van der Waals surface area contributed by atoms with Gasteiger partial charge < -0.3 is 20.5 Å². The molecule has 0 bridgehead atoms. The van der Waals surface area contributed by atoms with Crippen LogP contribution < -0.4 is 11.1 Å². The van der Waals surface area contributed by atoms with Gasteiger partial charge in [0, 0.05) is 20.3 Å². The number of ether oxygens (including phenoxy) is 2. The molecule has 0 saturated carbocycles. The standard InChI is InChI=1S/C13H21N3O3/c1-18-7-5-3-4-6-15-12-11(13(17)19-2)8-10(14)9-16-12/h8-9H,3-7,14H2,1-2H3,(H,15,16). The molecule has 0 amide bonds. The van der Waals surface area contributed by atoms with E-state index >= 15 is 0 Å². The number of nitrogens with two attached hydrogens (primary N) is 1.